The van der Waals surface area contributed by atoms with Crippen LogP contribution in [0.15, 0.2) is 48.5 Å². The van der Waals surface area contributed by atoms with Crippen molar-refractivity contribution in [2.45, 2.75) is 49.4 Å². The van der Waals surface area contributed by atoms with E-state index in [2.05, 4.69) is 0 Å². The minimum absolute atomic E-state index is 0.647. The fourth-order valence-electron chi connectivity index (χ4n) is 5.67. The topological polar surface area (TPSA) is 52.0 Å². The number of nitrogen functional groups attached to an aromatic ring is 2. The van der Waals surface area contributed by atoms with Crippen LogP contribution in [0.5, 0.6) is 0 Å². The van der Waals surface area contributed by atoms with Crippen molar-refractivity contribution in [3.8, 4) is 33.4 Å². The van der Waals surface area contributed by atoms with Crippen molar-refractivity contribution in [3.05, 3.63) is 93.0 Å². The van der Waals surface area contributed by atoms with Crippen LogP contribution in [-0.4, -0.2) is 0 Å². The summed E-state index contributed by atoms with van der Waals surface area (Å²) < 4.78 is 340. The molecule has 4 N–H and O–H groups in total. The van der Waals surface area contributed by atoms with Gasteiger partial charge in [-0.25, -0.2) is 0 Å². The molecule has 0 spiro atoms. The lowest BCUT2D eigenvalue weighted by Crippen LogP contribution is -2.19. The Kier molecular flexibility index (Phi) is 10.7. The number of anilines is 2. The van der Waals surface area contributed by atoms with Gasteiger partial charge in [-0.2, -0.15) is 105 Å². The highest BCUT2D eigenvalue weighted by molar-refractivity contribution is 5.85. The lowest BCUT2D eigenvalue weighted by atomic mass is 9.83. The second-order valence-corrected chi connectivity index (χ2v) is 11.8. The van der Waals surface area contributed by atoms with Gasteiger partial charge in [0, 0.05) is 11.4 Å². The van der Waals surface area contributed by atoms with Crippen LogP contribution < -0.4 is 11.5 Å². The summed E-state index contributed by atoms with van der Waals surface area (Å²) in [4.78, 5) is 0. The zero-order chi connectivity index (χ0) is 44.9. The van der Waals surface area contributed by atoms with E-state index in [4.69, 9.17) is 11.5 Å². The third kappa shape index (κ3) is 8.93. The molecule has 4 rings (SSSR count). The summed E-state index contributed by atoms with van der Waals surface area (Å²) in [5.41, 5.74) is -30.5. The van der Waals surface area contributed by atoms with Gasteiger partial charge in [0.2, 0.25) is 0 Å². The quantitative estimate of drug-likeness (QED) is 0.159. The number of nitrogens with two attached hydrogens (primary N) is 2. The number of hydrogen-bond donors (Lipinski definition) is 2. The molecule has 0 aliphatic rings. The van der Waals surface area contributed by atoms with Crippen LogP contribution in [-0.2, 0) is 49.4 Å². The van der Waals surface area contributed by atoms with Gasteiger partial charge in [0.1, 0.15) is 0 Å². The lowest BCUT2D eigenvalue weighted by Gasteiger charge is -2.26. The van der Waals surface area contributed by atoms with Crippen LogP contribution in [0.4, 0.5) is 117 Å². The minimum Gasteiger partial charge on any atom is -0.398 e. The van der Waals surface area contributed by atoms with Gasteiger partial charge in [-0.3, -0.25) is 0 Å². The second kappa shape index (κ2) is 13.7. The Hall–Kier alpha value is -5.20. The second-order valence-electron chi connectivity index (χ2n) is 11.8. The van der Waals surface area contributed by atoms with Crippen LogP contribution in [0, 0.1) is 0 Å². The molecule has 0 aliphatic heterocycles. The molecule has 0 radical (unpaired) electrons. The predicted octanol–water partition coefficient (Wildman–Crippen LogP) is 14.0. The van der Waals surface area contributed by atoms with E-state index in [0.717, 1.165) is 0 Å². The summed E-state index contributed by atoms with van der Waals surface area (Å²) in [7, 11) is 0. The van der Waals surface area contributed by atoms with Gasteiger partial charge in [0.15, 0.2) is 0 Å². The molecule has 0 aliphatic carbocycles. The van der Waals surface area contributed by atoms with Gasteiger partial charge < -0.3 is 11.5 Å². The molecule has 0 saturated carbocycles. The number of hydrogen-bond acceptors (Lipinski definition) is 2. The molecule has 0 bridgehead atoms. The number of halogens is 24. The maximum atomic E-state index is 14.6. The minimum atomic E-state index is -6.44. The predicted molar refractivity (Wildman–Crippen MR) is 152 cm³/mol. The summed E-state index contributed by atoms with van der Waals surface area (Å²) >= 11 is 0. The van der Waals surface area contributed by atoms with E-state index in [1.165, 1.54) is 0 Å². The molecular weight excluding hydrogens is 868 g/mol. The normalized spacial score (nSPS) is 14.0. The van der Waals surface area contributed by atoms with Crippen LogP contribution >= 0.6 is 0 Å². The first-order valence-corrected chi connectivity index (χ1v) is 14.5. The monoisotopic (exact) mass is 880 g/mol. The van der Waals surface area contributed by atoms with E-state index in [1.54, 1.807) is 0 Å². The maximum Gasteiger partial charge on any atom is 0.418 e. The molecular formula is C32H12F24N2. The summed E-state index contributed by atoms with van der Waals surface area (Å²) in [5.74, 6) is 0. The van der Waals surface area contributed by atoms with E-state index in [-0.39, 0.29) is 0 Å². The fraction of sp³-hybridized carbons (Fsp3) is 0.250. The van der Waals surface area contributed by atoms with Crippen molar-refractivity contribution in [3.63, 3.8) is 0 Å². The van der Waals surface area contributed by atoms with Crippen LogP contribution in [0.25, 0.3) is 33.4 Å². The van der Waals surface area contributed by atoms with E-state index in [1.807, 2.05) is 0 Å². The standard InChI is InChI=1S/C32H12F24N2/c33-25(34,35)15-3-11(13-5-21(31(51,52)53)23(57)7-19(13)29(45,46)47)17(27(39,40)41)1-9(15)10-2-18(28(42,43)44)12(4-16(10)26(36,37)38)14-6-22(32(54,55)56)24(58)8-20(14)30(48,49)50/h1-8H,57-58H2. The molecule has 2 nitrogen and oxygen atoms in total. The van der Waals surface area contributed by atoms with E-state index in [0.29, 0.717) is 0 Å². The Morgan fingerprint density at radius 2 is 0.328 bits per heavy atom. The van der Waals surface area contributed by atoms with Crippen molar-refractivity contribution in [2.75, 3.05) is 11.5 Å². The number of benzene rings is 4. The SMILES string of the molecule is Nc1cc(C(F)(F)F)c(-c2cc(C(F)(F)F)c(-c3cc(C(F)(F)F)c(-c4cc(C(F)(F)F)c(N)cc4C(F)(F)F)cc3C(F)(F)F)cc2C(F)(F)F)cc1C(F)(F)F. The third-order valence-electron chi connectivity index (χ3n) is 8.01. The van der Waals surface area contributed by atoms with E-state index < -0.39 is 187 Å². The molecule has 0 unspecified atom stereocenters. The Bertz CT molecular complexity index is 2080. The zero-order valence-electron chi connectivity index (χ0n) is 26.8. The smallest absolute Gasteiger partial charge is 0.398 e. The van der Waals surface area contributed by atoms with Crippen LogP contribution in [0.2, 0.25) is 0 Å². The molecule has 0 heterocycles. The highest BCUT2D eigenvalue weighted by atomic mass is 19.4. The molecule has 58 heavy (non-hydrogen) atoms. The average molecular weight is 880 g/mol. The van der Waals surface area contributed by atoms with Gasteiger partial charge in [0.25, 0.3) is 0 Å². The van der Waals surface area contributed by atoms with E-state index >= 15 is 0 Å². The maximum absolute atomic E-state index is 14.6. The summed E-state index contributed by atoms with van der Waals surface area (Å²) in [5, 5.41) is 0. The summed E-state index contributed by atoms with van der Waals surface area (Å²) in [6.45, 7) is 0. The average Bonchev–Trinajstić information content (AvgIpc) is 2.99. The molecule has 0 amide bonds. The fourth-order valence-corrected chi connectivity index (χ4v) is 5.67. The Balaban J connectivity index is 2.34. The van der Waals surface area contributed by atoms with Crippen molar-refractivity contribution in [1.29, 1.82) is 0 Å². The molecule has 318 valence electrons. The Morgan fingerprint density at radius 3 is 0.466 bits per heavy atom. The molecule has 0 saturated heterocycles. The van der Waals surface area contributed by atoms with Crippen LogP contribution in [0.3, 0.4) is 0 Å². The van der Waals surface area contributed by atoms with Crippen molar-refractivity contribution < 1.29 is 105 Å². The summed E-state index contributed by atoms with van der Waals surface area (Å²) in [6.07, 6.45) is -49.4. The molecule has 0 fully saturated rings. The lowest BCUT2D eigenvalue weighted by molar-refractivity contribution is -0.142. The molecule has 26 heteroatoms. The van der Waals surface area contributed by atoms with Gasteiger partial charge >= 0.3 is 49.4 Å². The highest BCUT2D eigenvalue weighted by Crippen LogP contribution is 2.54. The zero-order valence-corrected chi connectivity index (χ0v) is 26.8. The highest BCUT2D eigenvalue weighted by Gasteiger charge is 2.48. The number of alkyl halides is 24. The van der Waals surface area contributed by atoms with Crippen molar-refractivity contribution in [2.24, 2.45) is 0 Å². The van der Waals surface area contributed by atoms with Crippen molar-refractivity contribution in [1.82, 2.24) is 0 Å². The van der Waals surface area contributed by atoms with Gasteiger partial charge in [-0.1, -0.05) is 0 Å². The summed E-state index contributed by atoms with van der Waals surface area (Å²) in [6, 6.07) is -7.24. The Labute approximate surface area is 304 Å². The first kappa shape index (κ1) is 45.5. The van der Waals surface area contributed by atoms with Crippen molar-refractivity contribution >= 4 is 11.4 Å². The van der Waals surface area contributed by atoms with E-state index in [9.17, 15) is 105 Å². The third-order valence-corrected chi connectivity index (χ3v) is 8.01. The number of rotatable bonds is 3. The molecule has 0 aromatic heterocycles. The molecule has 4 aromatic carbocycles. The first-order chi connectivity index (χ1) is 25.7. The van der Waals surface area contributed by atoms with Gasteiger partial charge in [-0.05, 0) is 81.9 Å². The first-order valence-electron chi connectivity index (χ1n) is 14.5. The molecule has 4 aromatic rings. The van der Waals surface area contributed by atoms with Crippen LogP contribution in [0.1, 0.15) is 44.5 Å². The van der Waals surface area contributed by atoms with Gasteiger partial charge in [-0.15, -0.1) is 0 Å². The van der Waals surface area contributed by atoms with Gasteiger partial charge in [0.05, 0.1) is 44.5 Å². The molecule has 0 atom stereocenters. The Morgan fingerprint density at radius 1 is 0.207 bits per heavy atom. The largest absolute Gasteiger partial charge is 0.418 e.